The molecule has 6 N–H and O–H groups in total. The van der Waals surface area contributed by atoms with Gasteiger partial charge in [0.05, 0.1) is 6.54 Å². The number of hydrogen-bond acceptors (Lipinski definition) is 4. The van der Waals surface area contributed by atoms with Crippen LogP contribution in [0, 0.1) is 5.41 Å². The second kappa shape index (κ2) is 16.4. The molecule has 0 aliphatic carbocycles. The van der Waals surface area contributed by atoms with Crippen LogP contribution in [0.25, 0.3) is 0 Å². The van der Waals surface area contributed by atoms with Crippen molar-refractivity contribution in [3.05, 3.63) is 71.3 Å². The Hall–Kier alpha value is -3.19. The lowest BCUT2D eigenvalue weighted by Crippen LogP contribution is -2.47. The van der Waals surface area contributed by atoms with Crippen molar-refractivity contribution in [2.45, 2.75) is 59.0 Å². The third-order valence-corrected chi connectivity index (χ3v) is 5.00. The average molecular weight is 454 g/mol. The van der Waals surface area contributed by atoms with Gasteiger partial charge in [0.2, 0.25) is 11.8 Å². The Morgan fingerprint density at radius 3 is 2.18 bits per heavy atom. The molecule has 7 heteroatoms. The van der Waals surface area contributed by atoms with Crippen molar-refractivity contribution < 1.29 is 9.59 Å². The zero-order valence-electron chi connectivity index (χ0n) is 20.1. The first-order valence-corrected chi connectivity index (χ1v) is 11.6. The number of aryl methyl sites for hydroxylation is 1. The molecule has 1 unspecified atom stereocenters. The first kappa shape index (κ1) is 27.8. The Bertz CT molecular complexity index is 838. The summed E-state index contributed by atoms with van der Waals surface area (Å²) in [6, 6.07) is 16.9. The van der Waals surface area contributed by atoms with Gasteiger partial charge in [0, 0.05) is 12.1 Å². The number of hydrogen-bond donors (Lipinski definition) is 5. The van der Waals surface area contributed by atoms with E-state index in [1.54, 1.807) is 31.2 Å². The minimum absolute atomic E-state index is 0.00947. The van der Waals surface area contributed by atoms with Gasteiger partial charge in [0.25, 0.3) is 0 Å². The smallest absolute Gasteiger partial charge is 0.242 e. The van der Waals surface area contributed by atoms with E-state index in [2.05, 4.69) is 54.1 Å². The molecule has 33 heavy (non-hydrogen) atoms. The Kier molecular flexibility index (Phi) is 13.9. The fraction of sp³-hybridized carbons (Fsp3) is 0.423. The maximum Gasteiger partial charge on any atom is 0.242 e. The third-order valence-electron chi connectivity index (χ3n) is 5.00. The minimum Gasteiger partial charge on any atom is -0.384 e. The van der Waals surface area contributed by atoms with Crippen LogP contribution < -0.4 is 21.7 Å². The van der Waals surface area contributed by atoms with Crippen LogP contribution in [0.2, 0.25) is 0 Å². The number of nitrogen functional groups attached to an aromatic ring is 1. The van der Waals surface area contributed by atoms with Gasteiger partial charge >= 0.3 is 0 Å². The number of unbranched alkanes of at least 4 members (excludes halogenated alkanes) is 2. The summed E-state index contributed by atoms with van der Waals surface area (Å²) in [5, 5.41) is 15.9. The molecular weight excluding hydrogens is 414 g/mol. The van der Waals surface area contributed by atoms with Gasteiger partial charge in [-0.25, -0.2) is 0 Å². The topological polar surface area (TPSA) is 120 Å². The van der Waals surface area contributed by atoms with Crippen molar-refractivity contribution in [1.82, 2.24) is 16.0 Å². The summed E-state index contributed by atoms with van der Waals surface area (Å²) in [4.78, 5) is 23.8. The normalized spacial score (nSPS) is 11.0. The maximum atomic E-state index is 12.0. The molecule has 2 aromatic rings. The number of carbonyl (C=O) groups is 2. The zero-order valence-corrected chi connectivity index (χ0v) is 20.1. The van der Waals surface area contributed by atoms with E-state index in [9.17, 15) is 9.59 Å². The molecule has 7 nitrogen and oxygen atoms in total. The van der Waals surface area contributed by atoms with E-state index in [0.29, 0.717) is 12.1 Å². The summed E-state index contributed by atoms with van der Waals surface area (Å²) in [6.45, 7) is 7.32. The fourth-order valence-electron chi connectivity index (χ4n) is 2.92. The third kappa shape index (κ3) is 12.4. The summed E-state index contributed by atoms with van der Waals surface area (Å²) in [5.74, 6) is -0.421. The molecule has 2 rings (SSSR count). The monoisotopic (exact) mass is 453 g/mol. The van der Waals surface area contributed by atoms with E-state index < -0.39 is 6.04 Å². The number of nitrogens with one attached hydrogen (secondary N) is 4. The second-order valence-corrected chi connectivity index (χ2v) is 7.84. The van der Waals surface area contributed by atoms with Crippen LogP contribution in [0.5, 0.6) is 0 Å². The molecule has 0 spiro atoms. The number of benzene rings is 2. The Labute approximate surface area is 198 Å². The number of rotatable bonds is 12. The van der Waals surface area contributed by atoms with E-state index in [4.69, 9.17) is 11.1 Å². The Morgan fingerprint density at radius 1 is 0.970 bits per heavy atom. The lowest BCUT2D eigenvalue weighted by atomic mass is 10.1. The highest BCUT2D eigenvalue weighted by Crippen LogP contribution is 2.03. The van der Waals surface area contributed by atoms with Gasteiger partial charge < -0.3 is 21.7 Å². The second-order valence-electron chi connectivity index (χ2n) is 7.84. The molecule has 2 amide bonds. The summed E-state index contributed by atoms with van der Waals surface area (Å²) < 4.78 is 0. The van der Waals surface area contributed by atoms with Gasteiger partial charge in [0.15, 0.2) is 0 Å². The quantitative estimate of drug-likeness (QED) is 0.193. The predicted molar refractivity (Wildman–Crippen MR) is 135 cm³/mol. The van der Waals surface area contributed by atoms with Crippen LogP contribution in [0.15, 0.2) is 54.6 Å². The first-order valence-electron chi connectivity index (χ1n) is 11.6. The van der Waals surface area contributed by atoms with Crippen LogP contribution in [-0.2, 0) is 22.6 Å². The van der Waals surface area contributed by atoms with Crippen molar-refractivity contribution >= 4 is 17.6 Å². The van der Waals surface area contributed by atoms with Gasteiger partial charge in [-0.2, -0.15) is 0 Å². The van der Waals surface area contributed by atoms with Gasteiger partial charge in [-0.05, 0) is 37.4 Å². The fourth-order valence-corrected chi connectivity index (χ4v) is 2.92. The van der Waals surface area contributed by atoms with Gasteiger partial charge in [-0.3, -0.25) is 15.0 Å². The number of amidine groups is 1. The van der Waals surface area contributed by atoms with E-state index in [1.807, 2.05) is 6.07 Å². The lowest BCUT2D eigenvalue weighted by Gasteiger charge is -2.14. The highest BCUT2D eigenvalue weighted by atomic mass is 16.2. The number of nitrogens with two attached hydrogens (primary N) is 1. The first-order chi connectivity index (χ1) is 15.9. The molecule has 0 aromatic heterocycles. The largest absolute Gasteiger partial charge is 0.384 e. The van der Waals surface area contributed by atoms with E-state index in [0.717, 1.165) is 37.8 Å². The van der Waals surface area contributed by atoms with Crippen LogP contribution >= 0.6 is 0 Å². The van der Waals surface area contributed by atoms with Crippen molar-refractivity contribution in [3.8, 4) is 0 Å². The molecule has 0 aliphatic heterocycles. The molecule has 0 saturated heterocycles. The molecule has 2 aromatic carbocycles. The number of amides is 2. The molecule has 0 fully saturated rings. The van der Waals surface area contributed by atoms with Gasteiger partial charge in [-0.15, -0.1) is 0 Å². The van der Waals surface area contributed by atoms with Crippen molar-refractivity contribution in [2.24, 2.45) is 5.73 Å². The van der Waals surface area contributed by atoms with Crippen molar-refractivity contribution in [1.29, 1.82) is 5.41 Å². The van der Waals surface area contributed by atoms with E-state index in [1.165, 1.54) is 5.56 Å². The molecule has 0 aliphatic rings. The zero-order chi connectivity index (χ0) is 24.5. The maximum absolute atomic E-state index is 12.0. The molecular formula is C26H39N5O2. The van der Waals surface area contributed by atoms with E-state index in [-0.39, 0.29) is 24.2 Å². The molecule has 0 heterocycles. The Morgan fingerprint density at radius 2 is 1.64 bits per heavy atom. The van der Waals surface area contributed by atoms with Crippen LogP contribution in [0.1, 0.15) is 56.7 Å². The van der Waals surface area contributed by atoms with Gasteiger partial charge in [-0.1, -0.05) is 81.3 Å². The number of carbonyl (C=O) groups excluding carboxylic acids is 2. The highest BCUT2D eigenvalue weighted by Gasteiger charge is 2.14. The van der Waals surface area contributed by atoms with Crippen LogP contribution in [0.3, 0.4) is 0 Å². The molecule has 0 radical (unpaired) electrons. The molecule has 0 saturated carbocycles. The SMILES string of the molecule is CCCCCNCC(=O)NC(C)C(=O)NCc1ccc(C(=N)N)cc1.CCc1ccccc1. The summed E-state index contributed by atoms with van der Waals surface area (Å²) in [6.07, 6.45) is 4.46. The Balaban J connectivity index is 0.000000568. The molecule has 180 valence electrons. The standard InChI is InChI=1S/C18H29N5O2.C8H10/c1-3-4-5-10-21-12-16(24)23-13(2)18(25)22-11-14-6-8-15(9-7-14)17(19)20;1-2-8-6-4-3-5-7-8/h6-9,13,21H,3-5,10-12H2,1-2H3,(H3,19,20)(H,22,25)(H,23,24);3-7H,2H2,1H3. The molecule has 1 atom stereocenters. The van der Waals surface area contributed by atoms with Gasteiger partial charge in [0.1, 0.15) is 11.9 Å². The predicted octanol–water partition coefficient (Wildman–Crippen LogP) is 3.12. The average Bonchev–Trinajstić information content (AvgIpc) is 2.83. The van der Waals surface area contributed by atoms with Crippen LogP contribution in [-0.4, -0.2) is 36.8 Å². The lowest BCUT2D eigenvalue weighted by molar-refractivity contribution is -0.128. The van der Waals surface area contributed by atoms with Crippen LogP contribution in [0.4, 0.5) is 0 Å². The summed E-state index contributed by atoms with van der Waals surface area (Å²) in [7, 11) is 0. The highest BCUT2D eigenvalue weighted by molar-refractivity contribution is 5.94. The summed E-state index contributed by atoms with van der Waals surface area (Å²) >= 11 is 0. The van der Waals surface area contributed by atoms with E-state index >= 15 is 0 Å². The molecule has 0 bridgehead atoms. The summed E-state index contributed by atoms with van der Waals surface area (Å²) in [5.41, 5.74) is 8.35. The van der Waals surface area contributed by atoms with Crippen molar-refractivity contribution in [3.63, 3.8) is 0 Å². The van der Waals surface area contributed by atoms with Crippen molar-refractivity contribution in [2.75, 3.05) is 13.1 Å². The minimum atomic E-state index is -0.596.